The summed E-state index contributed by atoms with van der Waals surface area (Å²) in [5.74, 6) is 0.906. The minimum Gasteiger partial charge on any atom is -0.496 e. The van der Waals surface area contributed by atoms with E-state index in [4.69, 9.17) is 9.47 Å². The number of hydrogen-bond acceptors (Lipinski definition) is 4. The van der Waals surface area contributed by atoms with Crippen molar-refractivity contribution in [3.05, 3.63) is 59.2 Å². The van der Waals surface area contributed by atoms with Gasteiger partial charge in [-0.05, 0) is 41.8 Å². The molecule has 2 aromatic carbocycles. The molecule has 0 aliphatic carbocycles. The van der Waals surface area contributed by atoms with Crippen molar-refractivity contribution >= 4 is 11.8 Å². The van der Waals surface area contributed by atoms with Crippen molar-refractivity contribution in [2.75, 3.05) is 25.2 Å². The van der Waals surface area contributed by atoms with Gasteiger partial charge in [0.05, 0.1) is 13.7 Å². The molecule has 1 N–H and O–H groups in total. The van der Waals surface area contributed by atoms with Crippen LogP contribution in [-0.4, -0.2) is 26.4 Å². The van der Waals surface area contributed by atoms with Crippen LogP contribution in [0.4, 0.5) is 10.5 Å². The molecule has 1 aliphatic heterocycles. The maximum Gasteiger partial charge on any atom is 0.414 e. The molecule has 3 rings (SSSR count). The molecule has 0 unspecified atom stereocenters. The molecule has 0 aromatic heterocycles. The first kappa shape index (κ1) is 16.3. The van der Waals surface area contributed by atoms with E-state index in [9.17, 15) is 4.79 Å². The van der Waals surface area contributed by atoms with Gasteiger partial charge in [-0.15, -0.1) is 0 Å². The van der Waals surface area contributed by atoms with Crippen molar-refractivity contribution in [1.29, 1.82) is 0 Å². The highest BCUT2D eigenvalue weighted by molar-refractivity contribution is 5.89. The predicted octanol–water partition coefficient (Wildman–Crippen LogP) is 3.25. The van der Waals surface area contributed by atoms with Gasteiger partial charge in [0.25, 0.3) is 0 Å². The zero-order valence-corrected chi connectivity index (χ0v) is 14.0. The lowest BCUT2D eigenvalue weighted by molar-refractivity contribution is 0.181. The Morgan fingerprint density at radius 1 is 1.17 bits per heavy atom. The Morgan fingerprint density at radius 2 is 1.96 bits per heavy atom. The number of carbonyl (C=O) groups excluding carboxylic acids is 1. The van der Waals surface area contributed by atoms with E-state index >= 15 is 0 Å². The van der Waals surface area contributed by atoms with Crippen molar-refractivity contribution in [3.8, 4) is 5.75 Å². The SMILES string of the molecule is COc1ccc(CNCc2cccc(N3CCOC3=O)c2)cc1C. The van der Waals surface area contributed by atoms with Crippen LogP contribution in [0.3, 0.4) is 0 Å². The summed E-state index contributed by atoms with van der Waals surface area (Å²) in [7, 11) is 1.68. The molecule has 1 aliphatic rings. The third-order valence-corrected chi connectivity index (χ3v) is 4.10. The normalized spacial score (nSPS) is 13.9. The van der Waals surface area contributed by atoms with E-state index in [2.05, 4.69) is 23.5 Å². The van der Waals surface area contributed by atoms with Crippen molar-refractivity contribution < 1.29 is 14.3 Å². The van der Waals surface area contributed by atoms with Crippen LogP contribution < -0.4 is 15.0 Å². The third kappa shape index (κ3) is 3.68. The highest BCUT2D eigenvalue weighted by Crippen LogP contribution is 2.20. The summed E-state index contributed by atoms with van der Waals surface area (Å²) >= 11 is 0. The van der Waals surface area contributed by atoms with Crippen LogP contribution in [0.25, 0.3) is 0 Å². The van der Waals surface area contributed by atoms with Crippen LogP contribution in [0.15, 0.2) is 42.5 Å². The fraction of sp³-hybridized carbons (Fsp3) is 0.316. The average Bonchev–Trinajstić information content (AvgIpc) is 3.01. The van der Waals surface area contributed by atoms with E-state index in [0.29, 0.717) is 13.2 Å². The molecule has 5 nitrogen and oxygen atoms in total. The number of cyclic esters (lactones) is 1. The second-order valence-corrected chi connectivity index (χ2v) is 5.84. The Kier molecular flexibility index (Phi) is 5.01. The molecule has 2 aromatic rings. The Bertz CT molecular complexity index is 730. The second-order valence-electron chi connectivity index (χ2n) is 5.84. The molecular formula is C19H22N2O3. The summed E-state index contributed by atoms with van der Waals surface area (Å²) in [4.78, 5) is 13.3. The number of ether oxygens (including phenoxy) is 2. The quantitative estimate of drug-likeness (QED) is 0.885. The van der Waals surface area contributed by atoms with Gasteiger partial charge >= 0.3 is 6.09 Å². The second kappa shape index (κ2) is 7.36. The lowest BCUT2D eigenvalue weighted by Gasteiger charge is -2.14. The molecule has 0 saturated carbocycles. The summed E-state index contributed by atoms with van der Waals surface area (Å²) in [5.41, 5.74) is 4.37. The molecule has 0 radical (unpaired) electrons. The fourth-order valence-electron chi connectivity index (χ4n) is 2.86. The van der Waals surface area contributed by atoms with Crippen molar-refractivity contribution in [2.45, 2.75) is 20.0 Å². The van der Waals surface area contributed by atoms with Gasteiger partial charge in [0.15, 0.2) is 0 Å². The lowest BCUT2D eigenvalue weighted by Crippen LogP contribution is -2.23. The summed E-state index contributed by atoms with van der Waals surface area (Å²) in [6.07, 6.45) is -0.270. The van der Waals surface area contributed by atoms with Crippen LogP contribution in [0.2, 0.25) is 0 Å². The van der Waals surface area contributed by atoms with Gasteiger partial charge in [0.1, 0.15) is 12.4 Å². The Labute approximate surface area is 142 Å². The van der Waals surface area contributed by atoms with Gasteiger partial charge in [-0.25, -0.2) is 4.79 Å². The fourth-order valence-corrected chi connectivity index (χ4v) is 2.86. The summed E-state index contributed by atoms with van der Waals surface area (Å²) in [6, 6.07) is 14.2. The number of nitrogens with one attached hydrogen (secondary N) is 1. The highest BCUT2D eigenvalue weighted by atomic mass is 16.6. The number of hydrogen-bond donors (Lipinski definition) is 1. The molecule has 0 bridgehead atoms. The largest absolute Gasteiger partial charge is 0.496 e. The topological polar surface area (TPSA) is 50.8 Å². The predicted molar refractivity (Wildman–Crippen MR) is 93.4 cm³/mol. The molecule has 1 saturated heterocycles. The first-order chi connectivity index (χ1) is 11.7. The number of aryl methyl sites for hydroxylation is 1. The van der Waals surface area contributed by atoms with Crippen molar-refractivity contribution in [1.82, 2.24) is 5.32 Å². The van der Waals surface area contributed by atoms with E-state index in [1.807, 2.05) is 31.2 Å². The van der Waals surface area contributed by atoms with Gasteiger partial charge in [-0.3, -0.25) is 4.90 Å². The van der Waals surface area contributed by atoms with Gasteiger partial charge in [0.2, 0.25) is 0 Å². The monoisotopic (exact) mass is 326 g/mol. The van der Waals surface area contributed by atoms with E-state index in [1.165, 1.54) is 5.56 Å². The molecule has 126 valence electrons. The smallest absolute Gasteiger partial charge is 0.414 e. The van der Waals surface area contributed by atoms with E-state index < -0.39 is 0 Å². The van der Waals surface area contributed by atoms with E-state index in [1.54, 1.807) is 12.0 Å². The standard InChI is InChI=1S/C19H22N2O3/c1-14-10-16(6-7-18(14)23-2)13-20-12-15-4-3-5-17(11-15)21-8-9-24-19(21)22/h3-7,10-11,20H,8-9,12-13H2,1-2H3. The van der Waals surface area contributed by atoms with E-state index in [-0.39, 0.29) is 6.09 Å². The maximum absolute atomic E-state index is 11.6. The van der Waals surface area contributed by atoms with Gasteiger partial charge in [-0.2, -0.15) is 0 Å². The lowest BCUT2D eigenvalue weighted by atomic mass is 10.1. The summed E-state index contributed by atoms with van der Waals surface area (Å²) < 4.78 is 10.3. The van der Waals surface area contributed by atoms with Crippen LogP contribution in [0.1, 0.15) is 16.7 Å². The van der Waals surface area contributed by atoms with E-state index in [0.717, 1.165) is 35.7 Å². The van der Waals surface area contributed by atoms with Crippen LogP contribution in [0, 0.1) is 6.92 Å². The Balaban J connectivity index is 1.59. The van der Waals surface area contributed by atoms with Gasteiger partial charge in [-0.1, -0.05) is 24.3 Å². The molecule has 1 amide bonds. The van der Waals surface area contributed by atoms with Gasteiger partial charge in [0, 0.05) is 18.8 Å². The number of carbonyl (C=O) groups is 1. The highest BCUT2D eigenvalue weighted by Gasteiger charge is 2.23. The third-order valence-electron chi connectivity index (χ3n) is 4.10. The van der Waals surface area contributed by atoms with Crippen LogP contribution in [-0.2, 0) is 17.8 Å². The molecule has 0 spiro atoms. The zero-order valence-electron chi connectivity index (χ0n) is 14.0. The summed E-state index contributed by atoms with van der Waals surface area (Å²) in [5, 5.41) is 3.44. The van der Waals surface area contributed by atoms with Gasteiger partial charge < -0.3 is 14.8 Å². The summed E-state index contributed by atoms with van der Waals surface area (Å²) in [6.45, 7) is 4.63. The van der Waals surface area contributed by atoms with Crippen molar-refractivity contribution in [2.24, 2.45) is 0 Å². The minimum atomic E-state index is -0.270. The van der Waals surface area contributed by atoms with Crippen LogP contribution >= 0.6 is 0 Å². The van der Waals surface area contributed by atoms with Crippen LogP contribution in [0.5, 0.6) is 5.75 Å². The Morgan fingerprint density at radius 3 is 2.62 bits per heavy atom. The number of nitrogens with zero attached hydrogens (tertiary/aromatic N) is 1. The average molecular weight is 326 g/mol. The number of amides is 1. The molecule has 5 heteroatoms. The number of benzene rings is 2. The zero-order chi connectivity index (χ0) is 16.9. The minimum absolute atomic E-state index is 0.270. The molecule has 1 heterocycles. The Hall–Kier alpha value is -2.53. The first-order valence-electron chi connectivity index (χ1n) is 8.05. The number of anilines is 1. The van der Waals surface area contributed by atoms with Crippen molar-refractivity contribution in [3.63, 3.8) is 0 Å². The molecule has 1 fully saturated rings. The molecular weight excluding hydrogens is 304 g/mol. The first-order valence-corrected chi connectivity index (χ1v) is 8.05. The number of rotatable bonds is 6. The molecule has 0 atom stereocenters. The molecule has 24 heavy (non-hydrogen) atoms. The number of methoxy groups -OCH3 is 1. The maximum atomic E-state index is 11.6.